The van der Waals surface area contributed by atoms with Crippen LogP contribution in [0.3, 0.4) is 0 Å². The van der Waals surface area contributed by atoms with Gasteiger partial charge in [0.05, 0.1) is 5.56 Å². The van der Waals surface area contributed by atoms with Gasteiger partial charge in [0.1, 0.15) is 0 Å². The summed E-state index contributed by atoms with van der Waals surface area (Å²) in [5.74, 6) is 0.493. The SMILES string of the molecule is CC(N)C1CCCN(C(=O)c2cccnc2)C1. The molecular weight excluding hydrogens is 214 g/mol. The maximum Gasteiger partial charge on any atom is 0.255 e. The lowest BCUT2D eigenvalue weighted by Gasteiger charge is -2.34. The van der Waals surface area contributed by atoms with Crippen molar-refractivity contribution in [2.75, 3.05) is 13.1 Å². The molecule has 4 nitrogen and oxygen atoms in total. The van der Waals surface area contributed by atoms with Gasteiger partial charge in [-0.2, -0.15) is 0 Å². The van der Waals surface area contributed by atoms with E-state index in [0.717, 1.165) is 25.9 Å². The molecule has 1 aromatic rings. The summed E-state index contributed by atoms with van der Waals surface area (Å²) < 4.78 is 0. The number of carbonyl (C=O) groups excluding carboxylic acids is 1. The normalized spacial score (nSPS) is 22.2. The molecule has 1 aliphatic rings. The summed E-state index contributed by atoms with van der Waals surface area (Å²) in [6.07, 6.45) is 5.46. The summed E-state index contributed by atoms with van der Waals surface area (Å²) >= 11 is 0. The van der Waals surface area contributed by atoms with E-state index in [2.05, 4.69) is 4.98 Å². The Labute approximate surface area is 102 Å². The zero-order valence-electron chi connectivity index (χ0n) is 10.2. The Balaban J connectivity index is 2.05. The van der Waals surface area contributed by atoms with Crippen LogP contribution in [0.15, 0.2) is 24.5 Å². The number of carbonyl (C=O) groups is 1. The molecule has 1 saturated heterocycles. The van der Waals surface area contributed by atoms with Crippen molar-refractivity contribution < 1.29 is 4.79 Å². The van der Waals surface area contributed by atoms with Crippen molar-refractivity contribution in [1.82, 2.24) is 9.88 Å². The van der Waals surface area contributed by atoms with Gasteiger partial charge in [-0.1, -0.05) is 0 Å². The third-order valence-corrected chi connectivity index (χ3v) is 3.40. The van der Waals surface area contributed by atoms with Crippen LogP contribution in [0.5, 0.6) is 0 Å². The van der Waals surface area contributed by atoms with Gasteiger partial charge < -0.3 is 10.6 Å². The third kappa shape index (κ3) is 2.82. The maximum atomic E-state index is 12.2. The second kappa shape index (κ2) is 5.27. The summed E-state index contributed by atoms with van der Waals surface area (Å²) in [6.45, 7) is 3.62. The molecule has 1 aromatic heterocycles. The molecule has 4 heteroatoms. The van der Waals surface area contributed by atoms with E-state index in [4.69, 9.17) is 5.73 Å². The van der Waals surface area contributed by atoms with Gasteiger partial charge in [-0.05, 0) is 37.8 Å². The molecule has 1 fully saturated rings. The Morgan fingerprint density at radius 1 is 1.65 bits per heavy atom. The molecule has 0 spiro atoms. The Kier molecular flexibility index (Phi) is 3.74. The van der Waals surface area contributed by atoms with E-state index in [-0.39, 0.29) is 11.9 Å². The minimum absolute atomic E-state index is 0.0726. The number of nitrogens with zero attached hydrogens (tertiary/aromatic N) is 2. The van der Waals surface area contributed by atoms with E-state index in [0.29, 0.717) is 11.5 Å². The van der Waals surface area contributed by atoms with Gasteiger partial charge in [-0.25, -0.2) is 0 Å². The number of nitrogens with two attached hydrogens (primary N) is 1. The van der Waals surface area contributed by atoms with Crippen molar-refractivity contribution in [3.05, 3.63) is 30.1 Å². The van der Waals surface area contributed by atoms with E-state index in [1.165, 1.54) is 0 Å². The van der Waals surface area contributed by atoms with Gasteiger partial charge in [0.2, 0.25) is 0 Å². The zero-order chi connectivity index (χ0) is 12.3. The van der Waals surface area contributed by atoms with Crippen molar-refractivity contribution in [2.45, 2.75) is 25.8 Å². The van der Waals surface area contributed by atoms with Crippen molar-refractivity contribution in [3.8, 4) is 0 Å². The highest BCUT2D eigenvalue weighted by molar-refractivity contribution is 5.93. The second-order valence-electron chi connectivity index (χ2n) is 4.75. The summed E-state index contributed by atoms with van der Waals surface area (Å²) in [5, 5.41) is 0. The predicted molar refractivity (Wildman–Crippen MR) is 66.5 cm³/mol. The fourth-order valence-corrected chi connectivity index (χ4v) is 2.30. The molecule has 0 bridgehead atoms. The molecule has 0 radical (unpaired) electrons. The Hall–Kier alpha value is -1.42. The van der Waals surface area contributed by atoms with Gasteiger partial charge >= 0.3 is 0 Å². The first kappa shape index (κ1) is 12.0. The number of hydrogen-bond donors (Lipinski definition) is 1. The predicted octanol–water partition coefficient (Wildman–Crippen LogP) is 1.28. The van der Waals surface area contributed by atoms with Crippen LogP contribution in [0.2, 0.25) is 0 Å². The number of likely N-dealkylation sites (tertiary alicyclic amines) is 1. The number of piperidine rings is 1. The lowest BCUT2D eigenvalue weighted by atomic mass is 9.92. The monoisotopic (exact) mass is 233 g/mol. The molecule has 2 unspecified atom stereocenters. The molecular formula is C13H19N3O. The first-order valence-corrected chi connectivity index (χ1v) is 6.13. The first-order valence-electron chi connectivity index (χ1n) is 6.13. The highest BCUT2D eigenvalue weighted by Crippen LogP contribution is 2.20. The van der Waals surface area contributed by atoms with E-state index in [1.807, 2.05) is 17.9 Å². The maximum absolute atomic E-state index is 12.2. The molecule has 92 valence electrons. The number of aromatic nitrogens is 1. The summed E-state index contributed by atoms with van der Waals surface area (Å²) in [4.78, 5) is 18.1. The van der Waals surface area contributed by atoms with Crippen LogP contribution >= 0.6 is 0 Å². The summed E-state index contributed by atoms with van der Waals surface area (Å²) in [5.41, 5.74) is 6.58. The van der Waals surface area contributed by atoms with Crippen LogP contribution in [0, 0.1) is 5.92 Å². The summed E-state index contributed by atoms with van der Waals surface area (Å²) in [7, 11) is 0. The van der Waals surface area contributed by atoms with Gasteiger partial charge in [-0.3, -0.25) is 9.78 Å². The van der Waals surface area contributed by atoms with Crippen LogP contribution < -0.4 is 5.73 Å². The molecule has 2 heterocycles. The van der Waals surface area contributed by atoms with Crippen LogP contribution in [0.1, 0.15) is 30.1 Å². The van der Waals surface area contributed by atoms with Crippen molar-refractivity contribution in [2.24, 2.45) is 11.7 Å². The molecule has 1 amide bonds. The topological polar surface area (TPSA) is 59.2 Å². The van der Waals surface area contributed by atoms with Crippen molar-refractivity contribution in [3.63, 3.8) is 0 Å². The van der Waals surface area contributed by atoms with Gasteiger partial charge in [0, 0.05) is 31.5 Å². The molecule has 17 heavy (non-hydrogen) atoms. The zero-order valence-corrected chi connectivity index (χ0v) is 10.2. The van der Waals surface area contributed by atoms with Gasteiger partial charge in [0.15, 0.2) is 0 Å². The van der Waals surface area contributed by atoms with Crippen LogP contribution in [-0.4, -0.2) is 34.9 Å². The van der Waals surface area contributed by atoms with E-state index in [1.54, 1.807) is 18.5 Å². The Morgan fingerprint density at radius 3 is 3.12 bits per heavy atom. The lowest BCUT2D eigenvalue weighted by Crippen LogP contribution is -2.45. The highest BCUT2D eigenvalue weighted by Gasteiger charge is 2.26. The fraction of sp³-hybridized carbons (Fsp3) is 0.538. The van der Waals surface area contributed by atoms with E-state index in [9.17, 15) is 4.79 Å². The van der Waals surface area contributed by atoms with Crippen LogP contribution in [-0.2, 0) is 0 Å². The number of hydrogen-bond acceptors (Lipinski definition) is 3. The lowest BCUT2D eigenvalue weighted by molar-refractivity contribution is 0.0660. The largest absolute Gasteiger partial charge is 0.338 e. The standard InChI is InChI=1S/C13H19N3O/c1-10(14)12-5-3-7-16(9-12)13(17)11-4-2-6-15-8-11/h2,4,6,8,10,12H,3,5,7,9,14H2,1H3. The number of amides is 1. The third-order valence-electron chi connectivity index (χ3n) is 3.40. The smallest absolute Gasteiger partial charge is 0.255 e. The first-order chi connectivity index (χ1) is 8.18. The number of rotatable bonds is 2. The Bertz CT molecular complexity index is 378. The molecule has 2 rings (SSSR count). The van der Waals surface area contributed by atoms with Crippen molar-refractivity contribution in [1.29, 1.82) is 0 Å². The molecule has 0 aliphatic carbocycles. The quantitative estimate of drug-likeness (QED) is 0.837. The van der Waals surface area contributed by atoms with Gasteiger partial charge in [0.25, 0.3) is 5.91 Å². The number of pyridine rings is 1. The van der Waals surface area contributed by atoms with Crippen molar-refractivity contribution >= 4 is 5.91 Å². The minimum Gasteiger partial charge on any atom is -0.338 e. The van der Waals surface area contributed by atoms with Gasteiger partial charge in [-0.15, -0.1) is 0 Å². The van der Waals surface area contributed by atoms with E-state index >= 15 is 0 Å². The molecule has 2 N–H and O–H groups in total. The average molecular weight is 233 g/mol. The van der Waals surface area contributed by atoms with E-state index < -0.39 is 0 Å². The summed E-state index contributed by atoms with van der Waals surface area (Å²) in [6, 6.07) is 3.75. The molecule has 1 aliphatic heterocycles. The minimum atomic E-state index is 0.0726. The van der Waals surface area contributed by atoms with Crippen LogP contribution in [0.4, 0.5) is 0 Å². The fourth-order valence-electron chi connectivity index (χ4n) is 2.30. The second-order valence-corrected chi connectivity index (χ2v) is 4.75. The Morgan fingerprint density at radius 2 is 2.47 bits per heavy atom. The van der Waals surface area contributed by atoms with Crippen LogP contribution in [0.25, 0.3) is 0 Å². The molecule has 0 saturated carbocycles. The molecule has 0 aromatic carbocycles. The highest BCUT2D eigenvalue weighted by atomic mass is 16.2. The average Bonchev–Trinajstić information content (AvgIpc) is 2.39. The molecule has 2 atom stereocenters.